The van der Waals surface area contributed by atoms with E-state index in [1.54, 1.807) is 0 Å². The molecular formula is C59H51N4Pt-. The van der Waals surface area contributed by atoms with Crippen molar-refractivity contribution in [2.45, 2.75) is 71.3 Å². The maximum absolute atomic E-state index is 5.15. The first-order valence-corrected chi connectivity index (χ1v) is 22.4. The molecule has 4 nitrogen and oxygen atoms in total. The topological polar surface area (TPSA) is 27.7 Å². The summed E-state index contributed by atoms with van der Waals surface area (Å²) in [5.74, 6) is 1.62. The molecule has 0 unspecified atom stereocenters. The van der Waals surface area contributed by atoms with Crippen LogP contribution in [0.4, 0.5) is 0 Å². The Labute approximate surface area is 391 Å². The van der Waals surface area contributed by atoms with E-state index in [0.29, 0.717) is 11.8 Å². The minimum atomic E-state index is -0.723. The van der Waals surface area contributed by atoms with E-state index in [1.807, 2.05) is 6.20 Å². The van der Waals surface area contributed by atoms with Crippen LogP contribution in [0.1, 0.15) is 93.7 Å². The van der Waals surface area contributed by atoms with Crippen LogP contribution in [0.2, 0.25) is 0 Å². The van der Waals surface area contributed by atoms with E-state index in [-0.39, 0.29) is 26.6 Å². The van der Waals surface area contributed by atoms with Crippen LogP contribution in [0, 0.1) is 12.1 Å². The van der Waals surface area contributed by atoms with Gasteiger partial charge in [0.1, 0.15) is 5.82 Å². The average Bonchev–Trinajstić information content (AvgIpc) is 3.96. The molecule has 3 heterocycles. The molecule has 0 aliphatic heterocycles. The van der Waals surface area contributed by atoms with Gasteiger partial charge in [0.2, 0.25) is 0 Å². The van der Waals surface area contributed by atoms with Gasteiger partial charge in [0.15, 0.2) is 17.4 Å². The van der Waals surface area contributed by atoms with E-state index in [2.05, 4.69) is 238 Å². The molecule has 10 aromatic rings. The first-order valence-electron chi connectivity index (χ1n) is 22.4. The molecule has 1 aliphatic carbocycles. The van der Waals surface area contributed by atoms with Crippen LogP contribution in [0.15, 0.2) is 170 Å². The summed E-state index contributed by atoms with van der Waals surface area (Å²) in [5, 5.41) is 2.32. The van der Waals surface area contributed by atoms with Gasteiger partial charge in [-0.05, 0) is 113 Å². The van der Waals surface area contributed by atoms with E-state index in [4.69, 9.17) is 4.98 Å². The number of imidazole rings is 1. The summed E-state index contributed by atoms with van der Waals surface area (Å²) in [6.07, 6.45) is 4.22. The maximum Gasteiger partial charge on any atom is 0.188 e. The van der Waals surface area contributed by atoms with Gasteiger partial charge in [-0.25, -0.2) is 14.1 Å². The van der Waals surface area contributed by atoms with Gasteiger partial charge in [0, 0.05) is 56.0 Å². The predicted molar refractivity (Wildman–Crippen MR) is 261 cm³/mol. The van der Waals surface area contributed by atoms with Gasteiger partial charge in [-0.15, -0.1) is 22.6 Å². The third-order valence-corrected chi connectivity index (χ3v) is 13.4. The summed E-state index contributed by atoms with van der Waals surface area (Å²) in [6, 6.07) is 66.0. The molecule has 0 atom stereocenters. The molecule has 0 radical (unpaired) electrons. The van der Waals surface area contributed by atoms with E-state index >= 15 is 0 Å². The van der Waals surface area contributed by atoms with E-state index in [9.17, 15) is 0 Å². The molecule has 11 rings (SSSR count). The van der Waals surface area contributed by atoms with Crippen molar-refractivity contribution in [1.29, 1.82) is 0 Å². The summed E-state index contributed by atoms with van der Waals surface area (Å²) in [6.45, 7) is 15.9. The Morgan fingerprint density at radius 3 is 1.84 bits per heavy atom. The summed E-state index contributed by atoms with van der Waals surface area (Å²) in [5.41, 5.74) is 16.9. The number of para-hydroxylation sites is 3. The smallest absolute Gasteiger partial charge is 0.188 e. The standard InChI is InChI=1S/C59H51N4.Pt/c1-38(2)44-23-17-24-45(39(3)4)57(44)40-32-33-60-56(34-40)63-52-27-13-10-22-48(52)49-31-30-42(36-55(49)63)59(50-25-11-8-20-46(50)47-21-9-12-26-51(47)59)41-18-16-19-43(35-41)61-37-62(58(5,6)7)54-29-15-14-28-53(54)61;/h8-34,37-39H,1-7H3;/q-1;. The molecule has 0 bridgehead atoms. The summed E-state index contributed by atoms with van der Waals surface area (Å²) >= 11 is 0. The minimum Gasteiger partial charge on any atom is -0.319 e. The average molecular weight is 1010 g/mol. The van der Waals surface area contributed by atoms with Crippen molar-refractivity contribution in [3.63, 3.8) is 0 Å². The number of hydrogen-bond acceptors (Lipinski definition) is 1. The van der Waals surface area contributed by atoms with Crippen LogP contribution >= 0.6 is 0 Å². The molecule has 0 spiro atoms. The van der Waals surface area contributed by atoms with Gasteiger partial charge >= 0.3 is 0 Å². The number of rotatable bonds is 7. The Bertz CT molecular complexity index is 3340. The molecule has 64 heavy (non-hydrogen) atoms. The first kappa shape index (κ1) is 41.6. The second kappa shape index (κ2) is 15.7. The molecule has 0 fully saturated rings. The summed E-state index contributed by atoms with van der Waals surface area (Å²) in [4.78, 5) is 5.15. The van der Waals surface area contributed by atoms with Crippen LogP contribution < -0.4 is 0 Å². The Morgan fingerprint density at radius 1 is 0.578 bits per heavy atom. The largest absolute Gasteiger partial charge is 0.319 e. The number of benzene rings is 7. The molecule has 5 heteroatoms. The molecule has 318 valence electrons. The summed E-state index contributed by atoms with van der Waals surface area (Å²) < 4.78 is 7.01. The molecule has 1 aliphatic rings. The number of fused-ring (bicyclic) bond motifs is 7. The van der Waals surface area contributed by atoms with Crippen molar-refractivity contribution in [1.82, 2.24) is 18.7 Å². The fraction of sp³-hybridized carbons (Fsp3) is 0.186. The van der Waals surface area contributed by atoms with Crippen molar-refractivity contribution in [2.75, 3.05) is 0 Å². The molecular weight excluding hydrogens is 960 g/mol. The number of aromatic nitrogens is 4. The number of hydrogen-bond donors (Lipinski definition) is 0. The van der Waals surface area contributed by atoms with Crippen molar-refractivity contribution in [3.05, 3.63) is 216 Å². The molecule has 3 aromatic heterocycles. The van der Waals surface area contributed by atoms with Crippen LogP contribution in [0.25, 0.3) is 66.6 Å². The molecule has 0 N–H and O–H groups in total. The van der Waals surface area contributed by atoms with E-state index in [1.165, 1.54) is 55.4 Å². The second-order valence-electron chi connectivity index (χ2n) is 18.8. The van der Waals surface area contributed by atoms with Crippen molar-refractivity contribution in [3.8, 4) is 33.8 Å². The van der Waals surface area contributed by atoms with Gasteiger partial charge in [0.05, 0.1) is 5.54 Å². The zero-order valence-corrected chi connectivity index (χ0v) is 39.7. The Kier molecular flexibility index (Phi) is 10.2. The van der Waals surface area contributed by atoms with Gasteiger partial charge in [-0.3, -0.25) is 0 Å². The number of nitrogens with zero attached hydrogens (tertiary/aromatic N) is 4. The van der Waals surface area contributed by atoms with E-state index in [0.717, 1.165) is 44.6 Å². The zero-order chi connectivity index (χ0) is 43.2. The molecule has 7 aromatic carbocycles. The Balaban J connectivity index is 0.00000484. The van der Waals surface area contributed by atoms with E-state index < -0.39 is 5.41 Å². The third-order valence-electron chi connectivity index (χ3n) is 13.4. The van der Waals surface area contributed by atoms with Gasteiger partial charge in [-0.1, -0.05) is 124 Å². The monoisotopic (exact) mass is 1010 g/mol. The number of pyridine rings is 1. The van der Waals surface area contributed by atoms with Crippen LogP contribution in [0.5, 0.6) is 0 Å². The zero-order valence-electron chi connectivity index (χ0n) is 37.4. The van der Waals surface area contributed by atoms with Crippen molar-refractivity contribution in [2.24, 2.45) is 0 Å². The van der Waals surface area contributed by atoms with Gasteiger partial charge < -0.3 is 4.57 Å². The van der Waals surface area contributed by atoms with Gasteiger partial charge in [-0.2, -0.15) is 30.3 Å². The predicted octanol–water partition coefficient (Wildman–Crippen LogP) is 14.8. The second-order valence-corrected chi connectivity index (χ2v) is 18.8. The molecule has 0 saturated carbocycles. The minimum absolute atomic E-state index is 0. The fourth-order valence-corrected chi connectivity index (χ4v) is 10.5. The maximum atomic E-state index is 5.15. The molecule has 0 amide bonds. The van der Waals surface area contributed by atoms with Crippen molar-refractivity contribution < 1.29 is 21.1 Å². The van der Waals surface area contributed by atoms with Crippen LogP contribution in [-0.2, 0) is 32.0 Å². The normalized spacial score (nSPS) is 13.2. The Hall–Kier alpha value is -6.35. The third kappa shape index (κ3) is 6.28. The van der Waals surface area contributed by atoms with Crippen LogP contribution in [-0.4, -0.2) is 18.7 Å². The first-order chi connectivity index (χ1) is 30.6. The van der Waals surface area contributed by atoms with Crippen LogP contribution in [0.3, 0.4) is 0 Å². The summed E-state index contributed by atoms with van der Waals surface area (Å²) in [7, 11) is 0. The molecule has 0 saturated heterocycles. The van der Waals surface area contributed by atoms with Gasteiger partial charge in [0.25, 0.3) is 0 Å². The Morgan fingerprint density at radius 2 is 1.17 bits per heavy atom. The quantitative estimate of drug-likeness (QED) is 0.146. The SMILES string of the molecule is CC(C)c1cccc(C(C)C)c1-c1ccnc(-n2c3[c-]c(C4(c5[c-]c(-n6[cH+]n(C(C)(C)C)c7ccccc76)ccc5)c5ccccc5-c5ccccc54)ccc3c3ccccc32)c1.[Pt]. The van der Waals surface area contributed by atoms with Crippen molar-refractivity contribution >= 4 is 32.8 Å². The fourth-order valence-electron chi connectivity index (χ4n) is 10.5.